The molecular weight excluding hydrogens is 289 g/mol. The molecule has 1 fully saturated rings. The SMILES string of the molecule is COC(=O)C1COCCN1C(=O)c1c(F)cccc1Cl. The monoisotopic (exact) mass is 301 g/mol. The number of methoxy groups -OCH3 is 1. The van der Waals surface area contributed by atoms with E-state index in [0.29, 0.717) is 0 Å². The third-order valence-corrected chi connectivity index (χ3v) is 3.35. The number of benzene rings is 1. The number of esters is 1. The minimum atomic E-state index is -0.892. The molecule has 1 unspecified atom stereocenters. The summed E-state index contributed by atoms with van der Waals surface area (Å²) in [4.78, 5) is 25.3. The van der Waals surface area contributed by atoms with E-state index in [1.807, 2.05) is 0 Å². The van der Waals surface area contributed by atoms with Gasteiger partial charge in [0.2, 0.25) is 0 Å². The second kappa shape index (κ2) is 6.19. The van der Waals surface area contributed by atoms with Crippen LogP contribution in [0.3, 0.4) is 0 Å². The average molecular weight is 302 g/mol. The normalized spacial score (nSPS) is 18.8. The van der Waals surface area contributed by atoms with Gasteiger partial charge in [-0.2, -0.15) is 0 Å². The minimum Gasteiger partial charge on any atom is -0.467 e. The van der Waals surface area contributed by atoms with Gasteiger partial charge in [-0.3, -0.25) is 4.79 Å². The number of rotatable bonds is 2. The molecule has 1 saturated heterocycles. The van der Waals surface area contributed by atoms with Crippen molar-refractivity contribution in [3.8, 4) is 0 Å². The molecule has 0 aromatic heterocycles. The van der Waals surface area contributed by atoms with E-state index in [-0.39, 0.29) is 30.3 Å². The molecule has 1 aliphatic heterocycles. The number of carbonyl (C=O) groups is 2. The Morgan fingerprint density at radius 3 is 2.90 bits per heavy atom. The van der Waals surface area contributed by atoms with Crippen LogP contribution >= 0.6 is 11.6 Å². The highest BCUT2D eigenvalue weighted by atomic mass is 35.5. The van der Waals surface area contributed by atoms with Crippen molar-refractivity contribution in [2.75, 3.05) is 26.9 Å². The minimum absolute atomic E-state index is 0.00473. The number of carbonyl (C=O) groups excluding carboxylic acids is 2. The molecule has 0 radical (unpaired) electrons. The van der Waals surface area contributed by atoms with Crippen molar-refractivity contribution >= 4 is 23.5 Å². The first-order valence-electron chi connectivity index (χ1n) is 5.96. The highest BCUT2D eigenvalue weighted by Crippen LogP contribution is 2.23. The number of nitrogens with zero attached hydrogens (tertiary/aromatic N) is 1. The van der Waals surface area contributed by atoms with Crippen LogP contribution in [0, 0.1) is 5.82 Å². The maximum absolute atomic E-state index is 13.8. The first-order chi connectivity index (χ1) is 9.56. The van der Waals surface area contributed by atoms with E-state index >= 15 is 0 Å². The van der Waals surface area contributed by atoms with Gasteiger partial charge >= 0.3 is 5.97 Å². The number of halogens is 2. The zero-order valence-corrected chi connectivity index (χ0v) is 11.5. The molecule has 1 aromatic rings. The third kappa shape index (κ3) is 2.76. The molecule has 0 N–H and O–H groups in total. The highest BCUT2D eigenvalue weighted by Gasteiger charge is 2.35. The summed E-state index contributed by atoms with van der Waals surface area (Å²) < 4.78 is 23.6. The Balaban J connectivity index is 2.33. The van der Waals surface area contributed by atoms with Crippen LogP contribution in [0.5, 0.6) is 0 Å². The van der Waals surface area contributed by atoms with Gasteiger partial charge in [0.05, 0.1) is 30.9 Å². The summed E-state index contributed by atoms with van der Waals surface area (Å²) in [5.74, 6) is -1.98. The fourth-order valence-electron chi connectivity index (χ4n) is 2.02. The molecule has 0 bridgehead atoms. The molecule has 1 atom stereocenters. The summed E-state index contributed by atoms with van der Waals surface area (Å²) in [6.07, 6.45) is 0. The molecule has 0 saturated carbocycles. The van der Waals surface area contributed by atoms with Crippen molar-refractivity contribution in [2.24, 2.45) is 0 Å². The Morgan fingerprint density at radius 2 is 2.25 bits per heavy atom. The second-order valence-corrected chi connectivity index (χ2v) is 4.62. The maximum Gasteiger partial charge on any atom is 0.331 e. The Labute approximate surface area is 120 Å². The van der Waals surface area contributed by atoms with Crippen molar-refractivity contribution in [3.05, 3.63) is 34.6 Å². The van der Waals surface area contributed by atoms with Gasteiger partial charge < -0.3 is 14.4 Å². The van der Waals surface area contributed by atoms with Crippen molar-refractivity contribution in [2.45, 2.75) is 6.04 Å². The molecule has 20 heavy (non-hydrogen) atoms. The fourth-order valence-corrected chi connectivity index (χ4v) is 2.27. The quantitative estimate of drug-likeness (QED) is 0.777. The van der Waals surface area contributed by atoms with Crippen LogP contribution in [0.15, 0.2) is 18.2 Å². The Kier molecular flexibility index (Phi) is 4.57. The lowest BCUT2D eigenvalue weighted by Gasteiger charge is -2.33. The first-order valence-corrected chi connectivity index (χ1v) is 6.34. The van der Waals surface area contributed by atoms with Crippen molar-refractivity contribution < 1.29 is 23.5 Å². The summed E-state index contributed by atoms with van der Waals surface area (Å²) in [6.45, 7) is 0.457. The van der Waals surface area contributed by atoms with Gasteiger partial charge in [-0.25, -0.2) is 9.18 Å². The first kappa shape index (κ1) is 14.7. The molecule has 1 amide bonds. The van der Waals surface area contributed by atoms with Crippen LogP contribution in [-0.2, 0) is 14.3 Å². The molecule has 5 nitrogen and oxygen atoms in total. The standard InChI is InChI=1S/C13H13ClFNO4/c1-19-13(18)10-7-20-6-5-16(10)12(17)11-8(14)3-2-4-9(11)15/h2-4,10H,5-7H2,1H3. The van der Waals surface area contributed by atoms with Crippen LogP contribution in [0.25, 0.3) is 0 Å². The summed E-state index contributed by atoms with van der Waals surface area (Å²) >= 11 is 5.87. The Bertz CT molecular complexity index is 517. The molecular formula is C13H13ClFNO4. The largest absolute Gasteiger partial charge is 0.467 e. The number of hydrogen-bond acceptors (Lipinski definition) is 4. The number of hydrogen-bond donors (Lipinski definition) is 0. The number of ether oxygens (including phenoxy) is 2. The predicted molar refractivity (Wildman–Crippen MR) is 69.1 cm³/mol. The summed E-state index contributed by atoms with van der Waals surface area (Å²) in [5, 5.41) is 0.00473. The van der Waals surface area contributed by atoms with Crippen LogP contribution in [0.4, 0.5) is 4.39 Å². The van der Waals surface area contributed by atoms with E-state index in [1.54, 1.807) is 0 Å². The summed E-state index contributed by atoms with van der Waals surface area (Å²) in [5.41, 5.74) is -0.245. The lowest BCUT2D eigenvalue weighted by Crippen LogP contribution is -2.53. The maximum atomic E-state index is 13.8. The van der Waals surface area contributed by atoms with Crippen LogP contribution < -0.4 is 0 Å². The van der Waals surface area contributed by atoms with Gasteiger partial charge in [-0.15, -0.1) is 0 Å². The molecule has 2 rings (SSSR count). The zero-order chi connectivity index (χ0) is 14.7. The van der Waals surface area contributed by atoms with Gasteiger partial charge in [0.25, 0.3) is 5.91 Å². The van der Waals surface area contributed by atoms with Gasteiger partial charge in [0, 0.05) is 6.54 Å². The van der Waals surface area contributed by atoms with E-state index in [0.717, 1.165) is 6.07 Å². The topological polar surface area (TPSA) is 55.8 Å². The van der Waals surface area contributed by atoms with Gasteiger partial charge in [0.15, 0.2) is 6.04 Å². The fraction of sp³-hybridized carbons (Fsp3) is 0.385. The zero-order valence-electron chi connectivity index (χ0n) is 10.8. The van der Waals surface area contributed by atoms with Gasteiger partial charge in [0.1, 0.15) is 5.82 Å². The summed E-state index contributed by atoms with van der Waals surface area (Å²) in [7, 11) is 1.22. The molecule has 0 spiro atoms. The van der Waals surface area contributed by atoms with Crippen LogP contribution in [0.2, 0.25) is 5.02 Å². The van der Waals surface area contributed by atoms with Crippen molar-refractivity contribution in [3.63, 3.8) is 0 Å². The van der Waals surface area contributed by atoms with Gasteiger partial charge in [-0.05, 0) is 12.1 Å². The van der Waals surface area contributed by atoms with E-state index < -0.39 is 23.7 Å². The number of amides is 1. The summed E-state index contributed by atoms with van der Waals surface area (Å²) in [6, 6.07) is 3.08. The predicted octanol–water partition coefficient (Wildman–Crippen LogP) is 1.49. The second-order valence-electron chi connectivity index (χ2n) is 4.21. The van der Waals surface area contributed by atoms with Crippen molar-refractivity contribution in [1.82, 2.24) is 4.90 Å². The molecule has 7 heteroatoms. The lowest BCUT2D eigenvalue weighted by molar-refractivity contribution is -0.151. The molecule has 108 valence electrons. The highest BCUT2D eigenvalue weighted by molar-refractivity contribution is 6.33. The van der Waals surface area contributed by atoms with Crippen LogP contribution in [0.1, 0.15) is 10.4 Å². The molecule has 1 aromatic carbocycles. The molecule has 1 heterocycles. The van der Waals surface area contributed by atoms with Crippen LogP contribution in [-0.4, -0.2) is 49.7 Å². The third-order valence-electron chi connectivity index (χ3n) is 3.04. The Hall–Kier alpha value is -1.66. The molecule has 0 aliphatic carbocycles. The lowest BCUT2D eigenvalue weighted by atomic mass is 10.1. The average Bonchev–Trinajstić information content (AvgIpc) is 2.46. The van der Waals surface area contributed by atoms with Gasteiger partial charge in [-0.1, -0.05) is 17.7 Å². The van der Waals surface area contributed by atoms with Crippen molar-refractivity contribution in [1.29, 1.82) is 0 Å². The molecule has 1 aliphatic rings. The number of morpholine rings is 1. The van der Waals surface area contributed by atoms with E-state index in [4.69, 9.17) is 16.3 Å². The van der Waals surface area contributed by atoms with E-state index in [2.05, 4.69) is 4.74 Å². The Morgan fingerprint density at radius 1 is 1.50 bits per heavy atom. The van der Waals surface area contributed by atoms with E-state index in [1.165, 1.54) is 24.1 Å². The van der Waals surface area contributed by atoms with E-state index in [9.17, 15) is 14.0 Å². The smallest absolute Gasteiger partial charge is 0.331 e.